The molecule has 3 rings (SSSR count). The largest absolute Gasteiger partial charge is 0.495 e. The standard InChI is InChI=1S/C19H23N3O4S/c1-13-7-8-15(11-16(13)19(23)21-14-9-10-20-12-14)27(24,25)22-17-5-3-4-6-18(17)26-2/h3-8,11,14,20,22H,9-10,12H2,1-2H3,(H,21,23). The predicted octanol–water partition coefficient (Wildman–Crippen LogP) is 1.90. The number of methoxy groups -OCH3 is 1. The fourth-order valence-corrected chi connectivity index (χ4v) is 4.08. The Kier molecular flexibility index (Phi) is 5.67. The van der Waals surface area contributed by atoms with Crippen molar-refractivity contribution >= 4 is 21.6 Å². The topological polar surface area (TPSA) is 96.5 Å². The summed E-state index contributed by atoms with van der Waals surface area (Å²) in [6.07, 6.45) is 0.859. The van der Waals surface area contributed by atoms with Crippen LogP contribution in [0.4, 0.5) is 5.69 Å². The molecule has 1 aliphatic heterocycles. The van der Waals surface area contributed by atoms with Crippen LogP contribution >= 0.6 is 0 Å². The first-order valence-corrected chi connectivity index (χ1v) is 10.2. The third-order valence-corrected chi connectivity index (χ3v) is 5.87. The van der Waals surface area contributed by atoms with Crippen molar-refractivity contribution < 1.29 is 17.9 Å². The van der Waals surface area contributed by atoms with Gasteiger partial charge in [-0.15, -0.1) is 0 Å². The molecule has 0 radical (unpaired) electrons. The number of carbonyl (C=O) groups is 1. The van der Waals surface area contributed by atoms with Crippen LogP contribution in [0.15, 0.2) is 47.4 Å². The van der Waals surface area contributed by atoms with Gasteiger partial charge >= 0.3 is 0 Å². The molecular weight excluding hydrogens is 366 g/mol. The smallest absolute Gasteiger partial charge is 0.262 e. The van der Waals surface area contributed by atoms with Gasteiger partial charge in [0.25, 0.3) is 15.9 Å². The number of ether oxygens (including phenoxy) is 1. The van der Waals surface area contributed by atoms with E-state index in [4.69, 9.17) is 4.74 Å². The summed E-state index contributed by atoms with van der Waals surface area (Å²) in [6.45, 7) is 3.37. The highest BCUT2D eigenvalue weighted by atomic mass is 32.2. The van der Waals surface area contributed by atoms with Crippen molar-refractivity contribution in [3.05, 3.63) is 53.6 Å². The number of nitrogens with one attached hydrogen (secondary N) is 3. The average Bonchev–Trinajstić information content (AvgIpc) is 3.15. The van der Waals surface area contributed by atoms with Gasteiger partial charge in [0.05, 0.1) is 17.7 Å². The highest BCUT2D eigenvalue weighted by molar-refractivity contribution is 7.92. The molecule has 1 aliphatic rings. The number of para-hydroxylation sites is 2. The van der Waals surface area contributed by atoms with Crippen LogP contribution in [-0.2, 0) is 10.0 Å². The molecule has 2 aromatic carbocycles. The molecule has 0 bridgehead atoms. The van der Waals surface area contributed by atoms with E-state index in [0.29, 0.717) is 17.0 Å². The Morgan fingerprint density at radius 3 is 2.70 bits per heavy atom. The minimum Gasteiger partial charge on any atom is -0.495 e. The van der Waals surface area contributed by atoms with Crippen LogP contribution in [0.1, 0.15) is 22.3 Å². The summed E-state index contributed by atoms with van der Waals surface area (Å²) in [5.41, 5.74) is 1.41. The van der Waals surface area contributed by atoms with Crippen molar-refractivity contribution in [2.24, 2.45) is 0 Å². The van der Waals surface area contributed by atoms with Gasteiger partial charge in [0.2, 0.25) is 0 Å². The molecule has 1 atom stereocenters. The van der Waals surface area contributed by atoms with Crippen LogP contribution in [-0.4, -0.2) is 40.6 Å². The van der Waals surface area contributed by atoms with E-state index in [1.807, 2.05) is 0 Å². The van der Waals surface area contributed by atoms with Crippen LogP contribution in [0.25, 0.3) is 0 Å². The lowest BCUT2D eigenvalue weighted by molar-refractivity contribution is 0.0939. The minimum atomic E-state index is -3.87. The van der Waals surface area contributed by atoms with Gasteiger partial charge < -0.3 is 15.4 Å². The molecule has 2 aromatic rings. The highest BCUT2D eigenvalue weighted by Gasteiger charge is 2.22. The van der Waals surface area contributed by atoms with Gasteiger partial charge in [-0.3, -0.25) is 9.52 Å². The molecule has 27 heavy (non-hydrogen) atoms. The number of carbonyl (C=O) groups excluding carboxylic acids is 1. The molecule has 1 fully saturated rings. The molecule has 1 amide bonds. The van der Waals surface area contributed by atoms with E-state index in [2.05, 4.69) is 15.4 Å². The quantitative estimate of drug-likeness (QED) is 0.701. The lowest BCUT2D eigenvalue weighted by Gasteiger charge is -2.15. The number of benzene rings is 2. The number of hydrogen-bond donors (Lipinski definition) is 3. The van der Waals surface area contributed by atoms with Gasteiger partial charge in [0, 0.05) is 18.2 Å². The maximum Gasteiger partial charge on any atom is 0.262 e. The summed E-state index contributed by atoms with van der Waals surface area (Å²) in [6, 6.07) is 11.3. The zero-order valence-corrected chi connectivity index (χ0v) is 16.1. The Labute approximate surface area is 159 Å². The third kappa shape index (κ3) is 4.40. The molecular formula is C19H23N3O4S. The van der Waals surface area contributed by atoms with E-state index in [9.17, 15) is 13.2 Å². The number of anilines is 1. The first kappa shape index (κ1) is 19.2. The second-order valence-electron chi connectivity index (χ2n) is 6.45. The van der Waals surface area contributed by atoms with Crippen LogP contribution < -0.4 is 20.1 Å². The molecule has 0 spiro atoms. The van der Waals surface area contributed by atoms with Crippen molar-refractivity contribution in [2.75, 3.05) is 24.9 Å². The summed E-state index contributed by atoms with van der Waals surface area (Å²) < 4.78 is 33.3. The van der Waals surface area contributed by atoms with Gasteiger partial charge in [-0.1, -0.05) is 18.2 Å². The zero-order chi connectivity index (χ0) is 19.4. The second-order valence-corrected chi connectivity index (χ2v) is 8.13. The molecule has 8 heteroatoms. The van der Waals surface area contributed by atoms with Crippen molar-refractivity contribution in [2.45, 2.75) is 24.3 Å². The molecule has 1 saturated heterocycles. The fourth-order valence-electron chi connectivity index (χ4n) is 2.99. The van der Waals surface area contributed by atoms with E-state index >= 15 is 0 Å². The summed E-state index contributed by atoms with van der Waals surface area (Å²) in [7, 11) is -2.40. The van der Waals surface area contributed by atoms with Crippen molar-refractivity contribution in [3.63, 3.8) is 0 Å². The first-order valence-electron chi connectivity index (χ1n) is 8.69. The average molecular weight is 389 g/mol. The van der Waals surface area contributed by atoms with Gasteiger partial charge in [-0.05, 0) is 49.7 Å². The highest BCUT2D eigenvalue weighted by Crippen LogP contribution is 2.26. The maximum absolute atomic E-state index is 12.8. The number of hydrogen-bond acceptors (Lipinski definition) is 5. The number of sulfonamides is 1. The van der Waals surface area contributed by atoms with E-state index in [1.165, 1.54) is 19.2 Å². The van der Waals surface area contributed by atoms with E-state index in [1.54, 1.807) is 37.3 Å². The van der Waals surface area contributed by atoms with E-state index in [0.717, 1.165) is 25.1 Å². The normalized spacial score (nSPS) is 16.7. The fraction of sp³-hybridized carbons (Fsp3) is 0.316. The van der Waals surface area contributed by atoms with Crippen molar-refractivity contribution in [1.82, 2.24) is 10.6 Å². The molecule has 1 unspecified atom stereocenters. The van der Waals surface area contributed by atoms with Gasteiger partial charge in [-0.2, -0.15) is 0 Å². The van der Waals surface area contributed by atoms with Crippen LogP contribution in [0.3, 0.4) is 0 Å². The SMILES string of the molecule is COc1ccccc1NS(=O)(=O)c1ccc(C)c(C(=O)NC2CCNC2)c1. The lowest BCUT2D eigenvalue weighted by Crippen LogP contribution is -2.36. The van der Waals surface area contributed by atoms with E-state index < -0.39 is 10.0 Å². The van der Waals surface area contributed by atoms with Gasteiger partial charge in [-0.25, -0.2) is 8.42 Å². The first-order chi connectivity index (χ1) is 12.9. The van der Waals surface area contributed by atoms with Gasteiger partial charge in [0.1, 0.15) is 5.75 Å². The Bertz CT molecular complexity index is 938. The molecule has 1 heterocycles. The third-order valence-electron chi connectivity index (χ3n) is 4.51. The van der Waals surface area contributed by atoms with Crippen LogP contribution in [0, 0.1) is 6.92 Å². The minimum absolute atomic E-state index is 0.0219. The zero-order valence-electron chi connectivity index (χ0n) is 15.3. The summed E-state index contributed by atoms with van der Waals surface area (Å²) in [4.78, 5) is 12.6. The molecule has 144 valence electrons. The molecule has 3 N–H and O–H groups in total. The Hall–Kier alpha value is -2.58. The lowest BCUT2D eigenvalue weighted by atomic mass is 10.1. The Morgan fingerprint density at radius 1 is 1.22 bits per heavy atom. The van der Waals surface area contributed by atoms with Crippen molar-refractivity contribution in [3.8, 4) is 5.75 Å². The maximum atomic E-state index is 12.8. The van der Waals surface area contributed by atoms with Crippen LogP contribution in [0.5, 0.6) is 5.75 Å². The van der Waals surface area contributed by atoms with Gasteiger partial charge in [0.15, 0.2) is 0 Å². The Morgan fingerprint density at radius 2 is 2.00 bits per heavy atom. The second kappa shape index (κ2) is 7.98. The number of amides is 1. The molecule has 0 aromatic heterocycles. The monoisotopic (exact) mass is 389 g/mol. The van der Waals surface area contributed by atoms with Crippen molar-refractivity contribution in [1.29, 1.82) is 0 Å². The number of aryl methyl sites for hydroxylation is 1. The molecule has 0 saturated carbocycles. The van der Waals surface area contributed by atoms with E-state index in [-0.39, 0.29) is 16.8 Å². The molecule has 0 aliphatic carbocycles. The summed E-state index contributed by atoms with van der Waals surface area (Å²) >= 11 is 0. The Balaban J connectivity index is 1.86. The predicted molar refractivity (Wildman–Crippen MR) is 104 cm³/mol. The summed E-state index contributed by atoms with van der Waals surface area (Å²) in [5.74, 6) is 0.149. The number of rotatable bonds is 6. The molecule has 7 nitrogen and oxygen atoms in total. The summed E-state index contributed by atoms with van der Waals surface area (Å²) in [5, 5.41) is 6.13. The van der Waals surface area contributed by atoms with Crippen LogP contribution in [0.2, 0.25) is 0 Å².